The Morgan fingerprint density at radius 1 is 1.22 bits per heavy atom. The van der Waals surface area contributed by atoms with Crippen LogP contribution in [0.1, 0.15) is 24.0 Å². The lowest BCUT2D eigenvalue weighted by Gasteiger charge is -2.08. The quantitative estimate of drug-likeness (QED) is 0.821. The van der Waals surface area contributed by atoms with Gasteiger partial charge in [-0.1, -0.05) is 36.9 Å². The van der Waals surface area contributed by atoms with E-state index in [0.717, 1.165) is 16.8 Å². The first-order valence-corrected chi connectivity index (χ1v) is 5.83. The molecule has 0 aliphatic heterocycles. The molecule has 0 N–H and O–H groups in total. The fraction of sp³-hybridized carbons (Fsp3) is 0.200. The summed E-state index contributed by atoms with van der Waals surface area (Å²) in [4.78, 5) is 8.61. The molecule has 0 fully saturated rings. The molecule has 0 saturated heterocycles. The van der Waals surface area contributed by atoms with Crippen molar-refractivity contribution in [1.82, 2.24) is 9.97 Å². The van der Waals surface area contributed by atoms with Gasteiger partial charge in [-0.25, -0.2) is 4.98 Å². The second kappa shape index (κ2) is 5.45. The number of hydrogen-bond acceptors (Lipinski definition) is 3. The lowest BCUT2D eigenvalue weighted by molar-refractivity contribution is 0.292. The zero-order chi connectivity index (χ0) is 13.0. The molecule has 0 spiro atoms. The van der Waals surface area contributed by atoms with Gasteiger partial charge in [0.15, 0.2) is 5.82 Å². The minimum absolute atomic E-state index is 0.507. The van der Waals surface area contributed by atoms with Crippen molar-refractivity contribution in [3.05, 3.63) is 60.1 Å². The van der Waals surface area contributed by atoms with Gasteiger partial charge < -0.3 is 4.74 Å². The summed E-state index contributed by atoms with van der Waals surface area (Å²) in [5.74, 6) is 1.22. The summed E-state index contributed by atoms with van der Waals surface area (Å²) in [7, 11) is 0. The van der Waals surface area contributed by atoms with E-state index in [-0.39, 0.29) is 0 Å². The van der Waals surface area contributed by atoms with Crippen LogP contribution in [0.5, 0.6) is 5.88 Å². The first kappa shape index (κ1) is 12.3. The SMILES string of the molecule is C=C(C)c1nc(C)cc(OCc2ccccc2)n1. The molecule has 0 radical (unpaired) electrons. The highest BCUT2D eigenvalue weighted by atomic mass is 16.5. The van der Waals surface area contributed by atoms with Gasteiger partial charge in [0.2, 0.25) is 5.88 Å². The van der Waals surface area contributed by atoms with Crippen molar-refractivity contribution in [3.63, 3.8) is 0 Å². The van der Waals surface area contributed by atoms with Gasteiger partial charge in [-0.2, -0.15) is 4.98 Å². The van der Waals surface area contributed by atoms with Crippen LogP contribution in [0.15, 0.2) is 43.0 Å². The van der Waals surface area contributed by atoms with Gasteiger partial charge in [-0.05, 0) is 25.0 Å². The topological polar surface area (TPSA) is 35.0 Å². The predicted molar refractivity (Wildman–Crippen MR) is 72.3 cm³/mol. The summed E-state index contributed by atoms with van der Waals surface area (Å²) in [6, 6.07) is 11.8. The molecule has 2 aromatic rings. The smallest absolute Gasteiger partial charge is 0.217 e. The van der Waals surface area contributed by atoms with E-state index in [4.69, 9.17) is 4.74 Å². The number of rotatable bonds is 4. The maximum Gasteiger partial charge on any atom is 0.217 e. The lowest BCUT2D eigenvalue weighted by atomic mass is 10.2. The van der Waals surface area contributed by atoms with Crippen LogP contribution in [0, 0.1) is 6.92 Å². The maximum absolute atomic E-state index is 5.67. The Morgan fingerprint density at radius 2 is 1.94 bits per heavy atom. The summed E-state index contributed by atoms with van der Waals surface area (Å²) in [5, 5.41) is 0. The highest BCUT2D eigenvalue weighted by Gasteiger charge is 2.04. The number of aryl methyl sites for hydroxylation is 1. The fourth-order valence-corrected chi connectivity index (χ4v) is 1.54. The molecule has 0 atom stereocenters. The average Bonchev–Trinajstić information content (AvgIpc) is 2.37. The number of benzene rings is 1. The van der Waals surface area contributed by atoms with Crippen LogP contribution in [-0.4, -0.2) is 9.97 Å². The highest BCUT2D eigenvalue weighted by Crippen LogP contribution is 2.15. The molecular formula is C15H16N2O. The maximum atomic E-state index is 5.67. The normalized spacial score (nSPS) is 10.1. The van der Waals surface area contributed by atoms with Crippen LogP contribution >= 0.6 is 0 Å². The molecule has 18 heavy (non-hydrogen) atoms. The molecule has 92 valence electrons. The summed E-state index contributed by atoms with van der Waals surface area (Å²) in [6.07, 6.45) is 0. The molecule has 2 rings (SSSR count). The van der Waals surface area contributed by atoms with E-state index in [0.29, 0.717) is 18.3 Å². The number of hydrogen-bond donors (Lipinski definition) is 0. The van der Waals surface area contributed by atoms with Crippen LogP contribution in [0.3, 0.4) is 0 Å². The average molecular weight is 240 g/mol. The Kier molecular flexibility index (Phi) is 3.72. The Balaban J connectivity index is 2.12. The largest absolute Gasteiger partial charge is 0.473 e. The van der Waals surface area contributed by atoms with E-state index in [2.05, 4.69) is 16.5 Å². The first-order chi connectivity index (χ1) is 8.65. The molecule has 0 aliphatic rings. The lowest BCUT2D eigenvalue weighted by Crippen LogP contribution is -2.01. The summed E-state index contributed by atoms with van der Waals surface area (Å²) >= 11 is 0. The monoisotopic (exact) mass is 240 g/mol. The minimum Gasteiger partial charge on any atom is -0.473 e. The molecule has 1 aromatic carbocycles. The summed E-state index contributed by atoms with van der Waals surface area (Å²) in [5.41, 5.74) is 2.83. The second-order valence-electron chi connectivity index (χ2n) is 4.23. The molecule has 0 amide bonds. The van der Waals surface area contributed by atoms with Crippen LogP contribution in [0.4, 0.5) is 0 Å². The summed E-state index contributed by atoms with van der Waals surface area (Å²) < 4.78 is 5.67. The van der Waals surface area contributed by atoms with Gasteiger partial charge in [0.1, 0.15) is 6.61 Å². The van der Waals surface area contributed by atoms with E-state index < -0.39 is 0 Å². The van der Waals surface area contributed by atoms with Gasteiger partial charge in [0.05, 0.1) is 0 Å². The van der Waals surface area contributed by atoms with Crippen molar-refractivity contribution in [1.29, 1.82) is 0 Å². The standard InChI is InChI=1S/C15H16N2O/c1-11(2)15-16-12(3)9-14(17-15)18-10-13-7-5-4-6-8-13/h4-9H,1,10H2,2-3H3. The van der Waals surface area contributed by atoms with E-state index in [1.807, 2.05) is 50.2 Å². The number of allylic oxidation sites excluding steroid dienone is 1. The van der Waals surface area contributed by atoms with Crippen molar-refractivity contribution in [2.75, 3.05) is 0 Å². The molecule has 3 heteroatoms. The van der Waals surface area contributed by atoms with Crippen LogP contribution < -0.4 is 4.74 Å². The Morgan fingerprint density at radius 3 is 2.61 bits per heavy atom. The molecule has 0 aliphatic carbocycles. The van der Waals surface area contributed by atoms with E-state index >= 15 is 0 Å². The van der Waals surface area contributed by atoms with Crippen LogP contribution in [0.2, 0.25) is 0 Å². The van der Waals surface area contributed by atoms with E-state index in [1.165, 1.54) is 0 Å². The van der Waals surface area contributed by atoms with Crippen molar-refractivity contribution >= 4 is 5.57 Å². The second-order valence-corrected chi connectivity index (χ2v) is 4.23. The molecule has 1 aromatic heterocycles. The van der Waals surface area contributed by atoms with Crippen molar-refractivity contribution in [2.45, 2.75) is 20.5 Å². The Bertz CT molecular complexity index is 550. The molecule has 1 heterocycles. The third-order valence-corrected chi connectivity index (χ3v) is 2.44. The minimum atomic E-state index is 0.507. The van der Waals surface area contributed by atoms with Crippen molar-refractivity contribution in [2.24, 2.45) is 0 Å². The zero-order valence-corrected chi connectivity index (χ0v) is 10.7. The summed E-state index contributed by atoms with van der Waals surface area (Å²) in [6.45, 7) is 8.16. The fourth-order valence-electron chi connectivity index (χ4n) is 1.54. The molecule has 0 saturated carbocycles. The Hall–Kier alpha value is -2.16. The molecular weight excluding hydrogens is 224 g/mol. The molecule has 0 unspecified atom stereocenters. The van der Waals surface area contributed by atoms with Gasteiger partial charge in [-0.3, -0.25) is 0 Å². The van der Waals surface area contributed by atoms with Crippen molar-refractivity contribution in [3.8, 4) is 5.88 Å². The third-order valence-electron chi connectivity index (χ3n) is 2.44. The van der Waals surface area contributed by atoms with E-state index in [1.54, 1.807) is 0 Å². The highest BCUT2D eigenvalue weighted by molar-refractivity contribution is 5.54. The number of nitrogens with zero attached hydrogens (tertiary/aromatic N) is 2. The van der Waals surface area contributed by atoms with Gasteiger partial charge in [-0.15, -0.1) is 0 Å². The molecule has 3 nitrogen and oxygen atoms in total. The van der Waals surface area contributed by atoms with E-state index in [9.17, 15) is 0 Å². The van der Waals surface area contributed by atoms with Crippen molar-refractivity contribution < 1.29 is 4.74 Å². The number of aromatic nitrogens is 2. The Labute approximate surface area is 107 Å². The predicted octanol–water partition coefficient (Wildman–Crippen LogP) is 3.40. The van der Waals surface area contributed by atoms with Crippen LogP contribution in [0.25, 0.3) is 5.57 Å². The van der Waals surface area contributed by atoms with Gasteiger partial charge in [0, 0.05) is 11.8 Å². The first-order valence-electron chi connectivity index (χ1n) is 5.83. The van der Waals surface area contributed by atoms with Gasteiger partial charge >= 0.3 is 0 Å². The van der Waals surface area contributed by atoms with Gasteiger partial charge in [0.25, 0.3) is 0 Å². The molecule has 0 bridgehead atoms. The zero-order valence-electron chi connectivity index (χ0n) is 10.7. The number of ether oxygens (including phenoxy) is 1. The van der Waals surface area contributed by atoms with Crippen LogP contribution in [-0.2, 0) is 6.61 Å². The third kappa shape index (κ3) is 3.17.